The molecule has 1 aliphatic carbocycles. The Labute approximate surface area is 158 Å². The zero-order chi connectivity index (χ0) is 20.3. The summed E-state index contributed by atoms with van der Waals surface area (Å²) in [6.45, 7) is 0. The minimum Gasteiger partial charge on any atom is -0.326 e. The van der Waals surface area contributed by atoms with Gasteiger partial charge in [0.25, 0.3) is 0 Å². The van der Waals surface area contributed by atoms with Crippen LogP contribution in [0.25, 0.3) is 0 Å². The number of carbonyl (C=O) groups excluding carboxylic acids is 2. The van der Waals surface area contributed by atoms with Gasteiger partial charge in [-0.25, -0.2) is 17.6 Å². The summed E-state index contributed by atoms with van der Waals surface area (Å²) in [7, 11) is 0. The number of anilines is 2. The molecule has 0 bridgehead atoms. The highest BCUT2D eigenvalue weighted by Gasteiger charge is 2.30. The van der Waals surface area contributed by atoms with Crippen LogP contribution in [0.2, 0.25) is 0 Å². The van der Waals surface area contributed by atoms with Crippen LogP contribution in [0.5, 0.6) is 0 Å². The van der Waals surface area contributed by atoms with E-state index in [0.29, 0.717) is 31.4 Å². The minimum atomic E-state index is -1.64. The maximum absolute atomic E-state index is 13.7. The molecule has 2 aromatic carbocycles. The first-order valence-electron chi connectivity index (χ1n) is 8.86. The molecule has 28 heavy (non-hydrogen) atoms. The topological polar surface area (TPSA) is 58.2 Å². The highest BCUT2D eigenvalue weighted by molar-refractivity contribution is 5.94. The lowest BCUT2D eigenvalue weighted by Gasteiger charge is -2.27. The first-order chi connectivity index (χ1) is 13.3. The SMILES string of the molecule is O=C(Nc1ccc(F)cc1)C1CCC(C(=O)Nc2ccc(F)c(F)c2F)CC1. The standard InChI is InChI=1S/C20H18F4N2O2/c21-13-5-7-14(8-6-13)25-19(27)11-1-3-12(4-2-11)20(28)26-16-10-9-15(22)17(23)18(16)24/h5-12H,1-4H2,(H,25,27)(H,26,28). The number of amides is 2. The molecule has 0 aromatic heterocycles. The number of carbonyl (C=O) groups is 2. The van der Waals surface area contributed by atoms with E-state index in [2.05, 4.69) is 10.6 Å². The first kappa shape index (κ1) is 19.9. The minimum absolute atomic E-state index is 0.211. The lowest BCUT2D eigenvalue weighted by Crippen LogP contribution is -2.32. The molecule has 1 saturated carbocycles. The third-order valence-electron chi connectivity index (χ3n) is 4.87. The molecular formula is C20H18F4N2O2. The third-order valence-corrected chi connectivity index (χ3v) is 4.87. The van der Waals surface area contributed by atoms with Crippen molar-refractivity contribution in [1.29, 1.82) is 0 Å². The van der Waals surface area contributed by atoms with Gasteiger partial charge in [0.1, 0.15) is 5.82 Å². The molecule has 2 amide bonds. The van der Waals surface area contributed by atoms with E-state index >= 15 is 0 Å². The average molecular weight is 394 g/mol. The van der Waals surface area contributed by atoms with Crippen LogP contribution < -0.4 is 10.6 Å². The quantitative estimate of drug-likeness (QED) is 0.587. The van der Waals surface area contributed by atoms with E-state index in [0.717, 1.165) is 12.1 Å². The highest BCUT2D eigenvalue weighted by atomic mass is 19.2. The van der Waals surface area contributed by atoms with E-state index in [9.17, 15) is 27.2 Å². The van der Waals surface area contributed by atoms with Crippen molar-refractivity contribution < 1.29 is 27.2 Å². The number of rotatable bonds is 4. The second-order valence-corrected chi connectivity index (χ2v) is 6.76. The van der Waals surface area contributed by atoms with E-state index in [4.69, 9.17) is 0 Å². The van der Waals surface area contributed by atoms with Gasteiger partial charge in [-0.15, -0.1) is 0 Å². The van der Waals surface area contributed by atoms with Gasteiger partial charge in [-0.2, -0.15) is 0 Å². The summed E-state index contributed by atoms with van der Waals surface area (Å²) >= 11 is 0. The number of benzene rings is 2. The molecule has 0 unspecified atom stereocenters. The summed E-state index contributed by atoms with van der Waals surface area (Å²) in [5, 5.41) is 4.99. The van der Waals surface area contributed by atoms with Gasteiger partial charge < -0.3 is 10.6 Å². The van der Waals surface area contributed by atoms with E-state index in [-0.39, 0.29) is 11.8 Å². The summed E-state index contributed by atoms with van der Waals surface area (Å²) < 4.78 is 52.8. The normalized spacial score (nSPS) is 19.1. The van der Waals surface area contributed by atoms with Gasteiger partial charge >= 0.3 is 0 Å². The fourth-order valence-electron chi connectivity index (χ4n) is 3.25. The van der Waals surface area contributed by atoms with Gasteiger partial charge in [0.05, 0.1) is 5.69 Å². The Bertz CT molecular complexity index is 879. The van der Waals surface area contributed by atoms with E-state index < -0.39 is 40.8 Å². The largest absolute Gasteiger partial charge is 0.326 e. The summed E-state index contributed by atoms with van der Waals surface area (Å²) in [5.41, 5.74) is 0.0696. The molecule has 0 aliphatic heterocycles. The van der Waals surface area contributed by atoms with Crippen LogP contribution >= 0.6 is 0 Å². The number of nitrogens with one attached hydrogen (secondary N) is 2. The molecule has 2 N–H and O–H groups in total. The predicted octanol–water partition coefficient (Wildman–Crippen LogP) is 4.63. The van der Waals surface area contributed by atoms with Crippen LogP contribution in [0.1, 0.15) is 25.7 Å². The van der Waals surface area contributed by atoms with E-state index in [1.807, 2.05) is 0 Å². The van der Waals surface area contributed by atoms with Crippen molar-refractivity contribution in [3.8, 4) is 0 Å². The molecule has 4 nitrogen and oxygen atoms in total. The molecule has 0 radical (unpaired) electrons. The molecule has 0 saturated heterocycles. The molecule has 8 heteroatoms. The first-order valence-corrected chi connectivity index (χ1v) is 8.86. The Morgan fingerprint density at radius 1 is 0.714 bits per heavy atom. The summed E-state index contributed by atoms with van der Waals surface area (Å²) in [4.78, 5) is 24.6. The van der Waals surface area contributed by atoms with Crippen molar-refractivity contribution in [3.63, 3.8) is 0 Å². The number of hydrogen-bond acceptors (Lipinski definition) is 2. The van der Waals surface area contributed by atoms with Crippen molar-refractivity contribution in [2.45, 2.75) is 25.7 Å². The zero-order valence-electron chi connectivity index (χ0n) is 14.8. The lowest BCUT2D eigenvalue weighted by molar-refractivity contribution is -0.125. The maximum Gasteiger partial charge on any atom is 0.227 e. The third kappa shape index (κ3) is 4.49. The predicted molar refractivity (Wildman–Crippen MR) is 95.4 cm³/mol. The molecule has 148 valence electrons. The Kier molecular flexibility index (Phi) is 5.96. The van der Waals surface area contributed by atoms with Crippen LogP contribution in [0, 0.1) is 35.1 Å². The monoisotopic (exact) mass is 394 g/mol. The highest BCUT2D eigenvalue weighted by Crippen LogP contribution is 2.31. The van der Waals surface area contributed by atoms with Crippen molar-refractivity contribution in [2.24, 2.45) is 11.8 Å². The van der Waals surface area contributed by atoms with Gasteiger partial charge in [-0.1, -0.05) is 0 Å². The van der Waals surface area contributed by atoms with Crippen LogP contribution in [0.15, 0.2) is 36.4 Å². The molecule has 3 rings (SSSR count). The van der Waals surface area contributed by atoms with Crippen molar-refractivity contribution >= 4 is 23.2 Å². The van der Waals surface area contributed by atoms with Crippen LogP contribution in [0.4, 0.5) is 28.9 Å². The summed E-state index contributed by atoms with van der Waals surface area (Å²) in [5.74, 6) is -6.28. The van der Waals surface area contributed by atoms with Gasteiger partial charge in [0.15, 0.2) is 17.5 Å². The molecule has 0 atom stereocenters. The molecular weight excluding hydrogens is 376 g/mol. The van der Waals surface area contributed by atoms with Crippen molar-refractivity contribution in [3.05, 3.63) is 59.7 Å². The molecule has 0 heterocycles. The van der Waals surface area contributed by atoms with Crippen molar-refractivity contribution in [1.82, 2.24) is 0 Å². The Morgan fingerprint density at radius 3 is 1.82 bits per heavy atom. The maximum atomic E-state index is 13.7. The molecule has 0 spiro atoms. The second-order valence-electron chi connectivity index (χ2n) is 6.76. The lowest BCUT2D eigenvalue weighted by atomic mass is 9.81. The Hall–Kier alpha value is -2.90. The van der Waals surface area contributed by atoms with E-state index in [1.54, 1.807) is 0 Å². The Balaban J connectivity index is 1.53. The van der Waals surface area contributed by atoms with Gasteiger partial charge in [0.2, 0.25) is 11.8 Å². The van der Waals surface area contributed by atoms with Gasteiger partial charge in [-0.05, 0) is 62.1 Å². The van der Waals surface area contributed by atoms with Crippen LogP contribution in [0.3, 0.4) is 0 Å². The van der Waals surface area contributed by atoms with Crippen molar-refractivity contribution in [2.75, 3.05) is 10.6 Å². The molecule has 1 fully saturated rings. The van der Waals surface area contributed by atoms with Gasteiger partial charge in [0, 0.05) is 17.5 Å². The second kappa shape index (κ2) is 8.41. The fourth-order valence-corrected chi connectivity index (χ4v) is 3.25. The smallest absolute Gasteiger partial charge is 0.227 e. The van der Waals surface area contributed by atoms with Crippen LogP contribution in [-0.4, -0.2) is 11.8 Å². The zero-order valence-corrected chi connectivity index (χ0v) is 14.8. The average Bonchev–Trinajstić information content (AvgIpc) is 2.70. The Morgan fingerprint density at radius 2 is 1.25 bits per heavy atom. The number of halogens is 4. The summed E-state index contributed by atoms with van der Waals surface area (Å²) in [6, 6.07) is 7.12. The fraction of sp³-hybridized carbons (Fsp3) is 0.300. The van der Waals surface area contributed by atoms with E-state index in [1.165, 1.54) is 24.3 Å². The van der Waals surface area contributed by atoms with Crippen LogP contribution in [-0.2, 0) is 9.59 Å². The number of hydrogen-bond donors (Lipinski definition) is 2. The summed E-state index contributed by atoms with van der Waals surface area (Å²) in [6.07, 6.45) is 1.70. The molecule has 2 aromatic rings. The van der Waals surface area contributed by atoms with Gasteiger partial charge in [-0.3, -0.25) is 9.59 Å². The molecule has 1 aliphatic rings.